The van der Waals surface area contributed by atoms with Crippen molar-refractivity contribution in [3.05, 3.63) is 72.1 Å². The number of fused-ring (bicyclic) bond motifs is 1. The molecular weight excluding hydrogens is 474 g/mol. The highest BCUT2D eigenvalue weighted by molar-refractivity contribution is 8.00. The fraction of sp³-hybridized carbons (Fsp3) is 0.250. The first-order chi connectivity index (χ1) is 17.1. The first-order valence-electron chi connectivity index (χ1n) is 11.9. The number of hydrogen-bond donors (Lipinski definition) is 2. The van der Waals surface area contributed by atoms with Gasteiger partial charge in [0.25, 0.3) is 0 Å². The molecule has 0 saturated heterocycles. The van der Waals surface area contributed by atoms with E-state index in [-0.39, 0.29) is 17.7 Å². The van der Waals surface area contributed by atoms with Crippen LogP contribution in [0.1, 0.15) is 32.1 Å². The van der Waals surface area contributed by atoms with Crippen molar-refractivity contribution in [1.82, 2.24) is 4.98 Å². The summed E-state index contributed by atoms with van der Waals surface area (Å²) in [4.78, 5) is 30.5. The molecule has 5 rings (SSSR count). The van der Waals surface area contributed by atoms with Crippen LogP contribution in [-0.4, -0.2) is 22.6 Å². The summed E-state index contributed by atoms with van der Waals surface area (Å²) in [5, 5.41) is 10.9. The molecule has 1 saturated carbocycles. The van der Waals surface area contributed by atoms with E-state index in [1.807, 2.05) is 41.8 Å². The quantitative estimate of drug-likeness (QED) is 0.262. The van der Waals surface area contributed by atoms with Crippen molar-refractivity contribution >= 4 is 56.5 Å². The average molecular weight is 502 g/mol. The van der Waals surface area contributed by atoms with Crippen LogP contribution < -0.4 is 10.6 Å². The van der Waals surface area contributed by atoms with E-state index < -0.39 is 0 Å². The third-order valence-corrected chi connectivity index (χ3v) is 8.03. The summed E-state index contributed by atoms with van der Waals surface area (Å²) in [6, 6.07) is 22.2. The number of benzene rings is 3. The number of anilines is 2. The summed E-state index contributed by atoms with van der Waals surface area (Å²) in [6.45, 7) is 0. The summed E-state index contributed by atoms with van der Waals surface area (Å²) in [7, 11) is 0. The number of carbonyl (C=O) groups is 2. The minimum atomic E-state index is -0.0934. The summed E-state index contributed by atoms with van der Waals surface area (Å²) in [6.07, 6.45) is 5.48. The first-order valence-corrected chi connectivity index (χ1v) is 13.8. The molecule has 3 aromatic carbocycles. The van der Waals surface area contributed by atoms with Crippen molar-refractivity contribution in [3.8, 4) is 11.3 Å². The van der Waals surface area contributed by atoms with E-state index in [2.05, 4.69) is 45.9 Å². The predicted octanol–water partition coefficient (Wildman–Crippen LogP) is 7.21. The standard InChI is InChI=1S/C28H27N3O2S2/c32-26(18-34-24-14-12-23(13-15-24)29-27(33)20-7-2-1-3-8-20)31-28-30-25(17-35-28)22-11-10-19-6-4-5-9-21(19)16-22/h4-6,9-17,20H,1-3,7-8,18H2,(H,29,33)(H,30,31,32). The van der Waals surface area contributed by atoms with Crippen LogP contribution >= 0.6 is 23.1 Å². The molecule has 0 bridgehead atoms. The molecule has 4 aromatic rings. The van der Waals surface area contributed by atoms with Gasteiger partial charge < -0.3 is 10.6 Å². The molecule has 0 spiro atoms. The lowest BCUT2D eigenvalue weighted by Gasteiger charge is -2.20. The largest absolute Gasteiger partial charge is 0.326 e. The van der Waals surface area contributed by atoms with Crippen LogP contribution in [0.5, 0.6) is 0 Å². The molecule has 0 atom stereocenters. The summed E-state index contributed by atoms with van der Waals surface area (Å²) in [5.74, 6) is 0.452. The maximum atomic E-state index is 12.5. The Hall–Kier alpha value is -3.16. The van der Waals surface area contributed by atoms with Gasteiger partial charge in [0.2, 0.25) is 11.8 Å². The lowest BCUT2D eigenvalue weighted by Crippen LogP contribution is -2.24. The van der Waals surface area contributed by atoms with Crippen LogP contribution in [0, 0.1) is 5.92 Å². The zero-order chi connectivity index (χ0) is 24.0. The van der Waals surface area contributed by atoms with Crippen molar-refractivity contribution in [3.63, 3.8) is 0 Å². The minimum absolute atomic E-state index is 0.0934. The number of hydrogen-bond acceptors (Lipinski definition) is 5. The van der Waals surface area contributed by atoms with Crippen LogP contribution in [0.25, 0.3) is 22.0 Å². The molecule has 0 unspecified atom stereocenters. The fourth-order valence-electron chi connectivity index (χ4n) is 4.36. The van der Waals surface area contributed by atoms with E-state index in [9.17, 15) is 9.59 Å². The monoisotopic (exact) mass is 501 g/mol. The van der Waals surface area contributed by atoms with Gasteiger partial charge in [-0.1, -0.05) is 55.7 Å². The van der Waals surface area contributed by atoms with Gasteiger partial charge in [0.1, 0.15) is 0 Å². The number of nitrogens with one attached hydrogen (secondary N) is 2. The van der Waals surface area contributed by atoms with E-state index in [0.29, 0.717) is 10.9 Å². The van der Waals surface area contributed by atoms with E-state index in [1.54, 1.807) is 0 Å². The van der Waals surface area contributed by atoms with E-state index in [1.165, 1.54) is 40.3 Å². The van der Waals surface area contributed by atoms with Gasteiger partial charge >= 0.3 is 0 Å². The van der Waals surface area contributed by atoms with Gasteiger partial charge in [0, 0.05) is 27.4 Å². The number of carbonyl (C=O) groups excluding carboxylic acids is 2. The van der Waals surface area contributed by atoms with Gasteiger partial charge in [-0.3, -0.25) is 9.59 Å². The Morgan fingerprint density at radius 2 is 1.69 bits per heavy atom. The first kappa shape index (κ1) is 23.6. The molecule has 1 heterocycles. The van der Waals surface area contributed by atoms with Crippen LogP contribution in [0.15, 0.2) is 77.0 Å². The molecular formula is C28H27N3O2S2. The van der Waals surface area contributed by atoms with E-state index in [0.717, 1.165) is 47.5 Å². The Balaban J connectivity index is 1.12. The number of rotatable bonds is 7. The third kappa shape index (κ3) is 6.10. The van der Waals surface area contributed by atoms with Crippen molar-refractivity contribution in [2.24, 2.45) is 5.92 Å². The average Bonchev–Trinajstić information content (AvgIpc) is 3.37. The lowest BCUT2D eigenvalue weighted by atomic mass is 9.88. The zero-order valence-electron chi connectivity index (χ0n) is 19.3. The van der Waals surface area contributed by atoms with Crippen LogP contribution in [0.2, 0.25) is 0 Å². The molecule has 2 N–H and O–H groups in total. The SMILES string of the molecule is O=C(CSc1ccc(NC(=O)C2CCCCC2)cc1)Nc1nc(-c2ccc3ccccc3c2)cs1. The molecule has 178 valence electrons. The Bertz CT molecular complexity index is 1330. The molecule has 7 heteroatoms. The normalized spacial score (nSPS) is 14.1. The smallest absolute Gasteiger partial charge is 0.236 e. The maximum Gasteiger partial charge on any atom is 0.236 e. The Labute approximate surface area is 213 Å². The molecule has 1 aromatic heterocycles. The molecule has 1 aliphatic rings. The second-order valence-electron chi connectivity index (χ2n) is 8.79. The second-order valence-corrected chi connectivity index (χ2v) is 10.7. The van der Waals surface area contributed by atoms with Gasteiger partial charge in [-0.05, 0) is 53.9 Å². The van der Waals surface area contributed by atoms with Crippen LogP contribution in [-0.2, 0) is 9.59 Å². The molecule has 1 aliphatic carbocycles. The number of thioether (sulfide) groups is 1. The number of thiazole rings is 1. The Morgan fingerprint density at radius 1 is 0.914 bits per heavy atom. The summed E-state index contributed by atoms with van der Waals surface area (Å²) in [5.41, 5.74) is 2.69. The lowest BCUT2D eigenvalue weighted by molar-refractivity contribution is -0.120. The van der Waals surface area contributed by atoms with Gasteiger partial charge in [-0.25, -0.2) is 4.98 Å². The second kappa shape index (κ2) is 11.1. The minimum Gasteiger partial charge on any atom is -0.326 e. The number of aromatic nitrogens is 1. The number of nitrogens with zero attached hydrogens (tertiary/aromatic N) is 1. The Kier molecular flexibility index (Phi) is 7.45. The molecule has 2 amide bonds. The van der Waals surface area contributed by atoms with Gasteiger partial charge in [0.05, 0.1) is 11.4 Å². The molecule has 1 fully saturated rings. The molecule has 0 radical (unpaired) electrons. The molecule has 35 heavy (non-hydrogen) atoms. The zero-order valence-corrected chi connectivity index (χ0v) is 21.0. The fourth-order valence-corrected chi connectivity index (χ4v) is 5.79. The van der Waals surface area contributed by atoms with E-state index >= 15 is 0 Å². The summed E-state index contributed by atoms with van der Waals surface area (Å²) >= 11 is 2.89. The van der Waals surface area contributed by atoms with Crippen molar-refractivity contribution in [1.29, 1.82) is 0 Å². The van der Waals surface area contributed by atoms with Crippen molar-refractivity contribution < 1.29 is 9.59 Å². The highest BCUT2D eigenvalue weighted by Gasteiger charge is 2.21. The molecule has 0 aliphatic heterocycles. The topological polar surface area (TPSA) is 71.1 Å². The summed E-state index contributed by atoms with van der Waals surface area (Å²) < 4.78 is 0. The van der Waals surface area contributed by atoms with Crippen molar-refractivity contribution in [2.45, 2.75) is 37.0 Å². The maximum absolute atomic E-state index is 12.5. The highest BCUT2D eigenvalue weighted by atomic mass is 32.2. The van der Waals surface area contributed by atoms with Crippen LogP contribution in [0.3, 0.4) is 0 Å². The van der Waals surface area contributed by atoms with Gasteiger partial charge in [0.15, 0.2) is 5.13 Å². The van der Waals surface area contributed by atoms with E-state index in [4.69, 9.17) is 0 Å². The van der Waals surface area contributed by atoms with Gasteiger partial charge in [-0.2, -0.15) is 0 Å². The van der Waals surface area contributed by atoms with Gasteiger partial charge in [-0.15, -0.1) is 23.1 Å². The number of amides is 2. The third-order valence-electron chi connectivity index (χ3n) is 6.26. The molecule has 5 nitrogen and oxygen atoms in total. The Morgan fingerprint density at radius 3 is 2.49 bits per heavy atom. The highest BCUT2D eigenvalue weighted by Crippen LogP contribution is 2.29. The predicted molar refractivity (Wildman–Crippen MR) is 146 cm³/mol. The van der Waals surface area contributed by atoms with Crippen molar-refractivity contribution in [2.75, 3.05) is 16.4 Å². The van der Waals surface area contributed by atoms with Crippen LogP contribution in [0.4, 0.5) is 10.8 Å².